The lowest BCUT2D eigenvalue weighted by molar-refractivity contribution is -0.892. The normalized spacial score (nSPS) is 15.3. The Balaban J connectivity index is 1.49. The molecule has 0 atom stereocenters. The van der Waals surface area contributed by atoms with Gasteiger partial charge in [-0.2, -0.15) is 0 Å². The van der Waals surface area contributed by atoms with E-state index in [4.69, 9.17) is 0 Å². The number of hydrogen-bond acceptors (Lipinski definition) is 3. The van der Waals surface area contributed by atoms with Gasteiger partial charge in [0.25, 0.3) is 5.91 Å². The standard InChI is InChI=1S/C18H20FN3O2/c19-16-3-1-2-4-17(16)20-18(24)13-21-9-11-22(12-10-21)14-5-7-15(23)8-6-14/h1-8,23H,9-13H2,(H,20,24)/p+1. The van der Waals surface area contributed by atoms with Gasteiger partial charge in [0.15, 0.2) is 6.54 Å². The second-order valence-corrected chi connectivity index (χ2v) is 5.96. The quantitative estimate of drug-likeness (QED) is 0.780. The minimum Gasteiger partial charge on any atom is -0.508 e. The molecule has 0 spiro atoms. The van der Waals surface area contributed by atoms with E-state index in [0.717, 1.165) is 31.9 Å². The molecular formula is C18H21FN3O2+. The van der Waals surface area contributed by atoms with Crippen LogP contribution in [0.1, 0.15) is 0 Å². The number of phenolic OH excluding ortho intramolecular Hbond substituents is 1. The van der Waals surface area contributed by atoms with Crippen LogP contribution in [0.15, 0.2) is 48.5 Å². The summed E-state index contributed by atoms with van der Waals surface area (Å²) in [4.78, 5) is 15.5. The van der Waals surface area contributed by atoms with Gasteiger partial charge in [0, 0.05) is 5.69 Å². The molecule has 3 rings (SSSR count). The maximum absolute atomic E-state index is 13.5. The van der Waals surface area contributed by atoms with E-state index in [-0.39, 0.29) is 17.3 Å². The van der Waals surface area contributed by atoms with Crippen molar-refractivity contribution in [3.05, 3.63) is 54.3 Å². The average molecular weight is 330 g/mol. The zero-order valence-corrected chi connectivity index (χ0v) is 13.3. The number of nitrogens with one attached hydrogen (secondary N) is 2. The third kappa shape index (κ3) is 4.02. The van der Waals surface area contributed by atoms with Crippen molar-refractivity contribution in [3.63, 3.8) is 0 Å². The second kappa shape index (κ2) is 7.31. The minimum atomic E-state index is -0.419. The van der Waals surface area contributed by atoms with Gasteiger partial charge in [-0.15, -0.1) is 0 Å². The first-order chi connectivity index (χ1) is 11.6. The number of rotatable bonds is 4. The Hall–Kier alpha value is -2.60. The van der Waals surface area contributed by atoms with Crippen LogP contribution < -0.4 is 15.1 Å². The van der Waals surface area contributed by atoms with E-state index in [0.29, 0.717) is 6.54 Å². The summed E-state index contributed by atoms with van der Waals surface area (Å²) in [7, 11) is 0. The highest BCUT2D eigenvalue weighted by atomic mass is 19.1. The molecule has 0 radical (unpaired) electrons. The number of anilines is 2. The lowest BCUT2D eigenvalue weighted by Crippen LogP contribution is -3.15. The van der Waals surface area contributed by atoms with Crippen LogP contribution in [0.4, 0.5) is 15.8 Å². The molecule has 1 amide bonds. The molecule has 0 aromatic heterocycles. The summed E-state index contributed by atoms with van der Waals surface area (Å²) in [5, 5.41) is 12.0. The van der Waals surface area contributed by atoms with Crippen LogP contribution >= 0.6 is 0 Å². The number of hydrogen-bond donors (Lipinski definition) is 3. The number of phenols is 1. The number of benzene rings is 2. The van der Waals surface area contributed by atoms with Crippen LogP contribution in [0.5, 0.6) is 5.75 Å². The van der Waals surface area contributed by atoms with Crippen molar-refractivity contribution in [2.75, 3.05) is 42.9 Å². The smallest absolute Gasteiger partial charge is 0.279 e. The van der Waals surface area contributed by atoms with Gasteiger partial charge in [0.2, 0.25) is 0 Å². The molecule has 0 aliphatic carbocycles. The summed E-state index contributed by atoms with van der Waals surface area (Å²) in [5.41, 5.74) is 1.30. The lowest BCUT2D eigenvalue weighted by atomic mass is 10.2. The van der Waals surface area contributed by atoms with E-state index in [9.17, 15) is 14.3 Å². The Morgan fingerprint density at radius 3 is 2.46 bits per heavy atom. The summed E-state index contributed by atoms with van der Waals surface area (Å²) in [6, 6.07) is 13.3. The second-order valence-electron chi connectivity index (χ2n) is 5.96. The molecule has 1 saturated heterocycles. The van der Waals surface area contributed by atoms with E-state index in [1.54, 1.807) is 30.3 Å². The van der Waals surface area contributed by atoms with Gasteiger partial charge in [0.05, 0.1) is 31.9 Å². The number of amides is 1. The summed E-state index contributed by atoms with van der Waals surface area (Å²) < 4.78 is 13.5. The van der Waals surface area contributed by atoms with E-state index >= 15 is 0 Å². The number of carbonyl (C=O) groups is 1. The minimum absolute atomic E-state index is 0.173. The van der Waals surface area contributed by atoms with Crippen molar-refractivity contribution in [2.24, 2.45) is 0 Å². The molecule has 0 unspecified atom stereocenters. The lowest BCUT2D eigenvalue weighted by Gasteiger charge is -2.33. The SMILES string of the molecule is O=C(C[NH+]1CCN(c2ccc(O)cc2)CC1)Nc1ccccc1F. The summed E-state index contributed by atoms with van der Waals surface area (Å²) in [5.74, 6) is -0.334. The van der Waals surface area contributed by atoms with Crippen molar-refractivity contribution in [1.29, 1.82) is 0 Å². The highest BCUT2D eigenvalue weighted by molar-refractivity contribution is 5.91. The van der Waals surface area contributed by atoms with Crippen molar-refractivity contribution in [3.8, 4) is 5.75 Å². The molecule has 24 heavy (non-hydrogen) atoms. The summed E-state index contributed by atoms with van der Waals surface area (Å²) in [6.07, 6.45) is 0. The molecule has 2 aromatic rings. The number of nitrogens with zero attached hydrogens (tertiary/aromatic N) is 1. The maximum atomic E-state index is 13.5. The largest absolute Gasteiger partial charge is 0.508 e. The predicted octanol–water partition coefficient (Wildman–Crippen LogP) is 0.875. The maximum Gasteiger partial charge on any atom is 0.279 e. The Kier molecular flexibility index (Phi) is 4.96. The number of para-hydroxylation sites is 1. The number of piperazine rings is 1. The predicted molar refractivity (Wildman–Crippen MR) is 90.9 cm³/mol. The van der Waals surface area contributed by atoms with Gasteiger partial charge in [-0.25, -0.2) is 4.39 Å². The molecule has 0 bridgehead atoms. The highest BCUT2D eigenvalue weighted by Gasteiger charge is 2.22. The van der Waals surface area contributed by atoms with Gasteiger partial charge in [-0.1, -0.05) is 12.1 Å². The molecule has 5 nitrogen and oxygen atoms in total. The van der Waals surface area contributed by atoms with Gasteiger partial charge >= 0.3 is 0 Å². The van der Waals surface area contributed by atoms with Gasteiger partial charge < -0.3 is 20.2 Å². The first-order valence-corrected chi connectivity index (χ1v) is 8.04. The van der Waals surface area contributed by atoms with Crippen LogP contribution in [0.25, 0.3) is 0 Å². The van der Waals surface area contributed by atoms with Crippen molar-refractivity contribution < 1.29 is 19.2 Å². The Bertz CT molecular complexity index is 698. The van der Waals surface area contributed by atoms with E-state index in [1.807, 2.05) is 12.1 Å². The Morgan fingerprint density at radius 1 is 1.12 bits per heavy atom. The van der Waals surface area contributed by atoms with Gasteiger partial charge in [-0.05, 0) is 36.4 Å². The van der Waals surface area contributed by atoms with Crippen molar-refractivity contribution >= 4 is 17.3 Å². The van der Waals surface area contributed by atoms with E-state index in [2.05, 4.69) is 10.2 Å². The zero-order valence-electron chi connectivity index (χ0n) is 13.3. The first kappa shape index (κ1) is 16.3. The number of halogens is 1. The fourth-order valence-corrected chi connectivity index (χ4v) is 2.91. The molecular weight excluding hydrogens is 309 g/mol. The fourth-order valence-electron chi connectivity index (χ4n) is 2.91. The molecule has 0 saturated carbocycles. The van der Waals surface area contributed by atoms with Gasteiger partial charge in [-0.3, -0.25) is 4.79 Å². The monoisotopic (exact) mass is 330 g/mol. The summed E-state index contributed by atoms with van der Waals surface area (Å²) in [6.45, 7) is 3.69. The number of aromatic hydroxyl groups is 1. The highest BCUT2D eigenvalue weighted by Crippen LogP contribution is 2.18. The third-order valence-corrected chi connectivity index (χ3v) is 4.24. The zero-order chi connectivity index (χ0) is 16.9. The summed E-state index contributed by atoms with van der Waals surface area (Å²) >= 11 is 0. The molecule has 6 heteroatoms. The molecule has 1 aliphatic heterocycles. The van der Waals surface area contributed by atoms with Crippen LogP contribution in [0.2, 0.25) is 0 Å². The van der Waals surface area contributed by atoms with E-state index < -0.39 is 5.82 Å². The molecule has 2 aromatic carbocycles. The molecule has 1 fully saturated rings. The number of quaternary nitrogens is 1. The van der Waals surface area contributed by atoms with E-state index in [1.165, 1.54) is 11.0 Å². The third-order valence-electron chi connectivity index (χ3n) is 4.24. The Labute approximate surface area is 140 Å². The molecule has 3 N–H and O–H groups in total. The molecule has 1 aliphatic rings. The van der Waals surface area contributed by atoms with Crippen molar-refractivity contribution in [1.82, 2.24) is 0 Å². The first-order valence-electron chi connectivity index (χ1n) is 8.04. The molecule has 126 valence electrons. The van der Waals surface area contributed by atoms with Crippen LogP contribution in [0.3, 0.4) is 0 Å². The molecule has 1 heterocycles. The number of carbonyl (C=O) groups excluding carboxylic acids is 1. The Morgan fingerprint density at radius 2 is 1.79 bits per heavy atom. The van der Waals surface area contributed by atoms with Crippen LogP contribution in [0, 0.1) is 5.82 Å². The van der Waals surface area contributed by atoms with Crippen molar-refractivity contribution in [2.45, 2.75) is 0 Å². The van der Waals surface area contributed by atoms with Crippen LogP contribution in [-0.4, -0.2) is 43.7 Å². The fraction of sp³-hybridized carbons (Fsp3) is 0.278. The van der Waals surface area contributed by atoms with Crippen LogP contribution in [-0.2, 0) is 4.79 Å². The topological polar surface area (TPSA) is 57.0 Å². The van der Waals surface area contributed by atoms with Gasteiger partial charge in [0.1, 0.15) is 11.6 Å². The average Bonchev–Trinajstić information content (AvgIpc) is 2.58.